The first kappa shape index (κ1) is 14.5. The van der Waals surface area contributed by atoms with Gasteiger partial charge in [0.1, 0.15) is 0 Å². The number of rotatable bonds is 3. The molecule has 1 aliphatic rings. The molecule has 0 spiro atoms. The van der Waals surface area contributed by atoms with Gasteiger partial charge in [-0.1, -0.05) is 18.2 Å². The molecule has 2 atom stereocenters. The van der Waals surface area contributed by atoms with Gasteiger partial charge >= 0.3 is 0 Å². The second kappa shape index (κ2) is 6.04. The molecule has 1 aliphatic heterocycles. The number of likely N-dealkylation sites (N-methyl/N-ethyl adjacent to an activating group) is 2. The SMILES string of the molecule is Cc1ccc(CC(N)C2CN(C)CCN2C)cc1C. The third kappa shape index (κ3) is 3.56. The van der Waals surface area contributed by atoms with E-state index in [1.807, 2.05) is 0 Å². The molecule has 0 amide bonds. The van der Waals surface area contributed by atoms with Crippen LogP contribution in [0.2, 0.25) is 0 Å². The van der Waals surface area contributed by atoms with E-state index in [1.165, 1.54) is 16.7 Å². The first-order valence-corrected chi connectivity index (χ1v) is 7.18. The molecular formula is C16H27N3. The molecule has 0 saturated carbocycles. The van der Waals surface area contributed by atoms with Gasteiger partial charge in [-0.05, 0) is 51.1 Å². The van der Waals surface area contributed by atoms with E-state index in [1.54, 1.807) is 0 Å². The quantitative estimate of drug-likeness (QED) is 0.893. The predicted octanol–water partition coefficient (Wildman–Crippen LogP) is 1.42. The van der Waals surface area contributed by atoms with Crippen LogP contribution < -0.4 is 5.73 Å². The second-order valence-corrected chi connectivity index (χ2v) is 6.10. The molecule has 3 nitrogen and oxygen atoms in total. The summed E-state index contributed by atoms with van der Waals surface area (Å²) < 4.78 is 0. The summed E-state index contributed by atoms with van der Waals surface area (Å²) in [6.45, 7) is 7.65. The van der Waals surface area contributed by atoms with Gasteiger partial charge in [0, 0.05) is 31.7 Å². The van der Waals surface area contributed by atoms with E-state index in [4.69, 9.17) is 5.73 Å². The van der Waals surface area contributed by atoms with Crippen molar-refractivity contribution in [3.8, 4) is 0 Å². The van der Waals surface area contributed by atoms with Gasteiger partial charge in [-0.25, -0.2) is 0 Å². The fourth-order valence-electron chi connectivity index (χ4n) is 2.85. The van der Waals surface area contributed by atoms with E-state index in [2.05, 4.69) is 55.9 Å². The Morgan fingerprint density at radius 3 is 2.63 bits per heavy atom. The molecule has 1 heterocycles. The Labute approximate surface area is 117 Å². The molecule has 0 aliphatic carbocycles. The lowest BCUT2D eigenvalue weighted by atomic mass is 9.95. The maximum Gasteiger partial charge on any atom is 0.0375 e. The summed E-state index contributed by atoms with van der Waals surface area (Å²) in [6, 6.07) is 7.36. The normalized spacial score (nSPS) is 23.5. The van der Waals surface area contributed by atoms with Crippen LogP contribution >= 0.6 is 0 Å². The first-order valence-electron chi connectivity index (χ1n) is 7.18. The number of hydrogen-bond acceptors (Lipinski definition) is 3. The van der Waals surface area contributed by atoms with Gasteiger partial charge in [-0.3, -0.25) is 4.90 Å². The van der Waals surface area contributed by atoms with E-state index in [9.17, 15) is 0 Å². The summed E-state index contributed by atoms with van der Waals surface area (Å²) in [5.41, 5.74) is 10.5. The van der Waals surface area contributed by atoms with Crippen LogP contribution in [0.5, 0.6) is 0 Å². The zero-order chi connectivity index (χ0) is 14.0. The largest absolute Gasteiger partial charge is 0.326 e. The van der Waals surface area contributed by atoms with E-state index in [-0.39, 0.29) is 6.04 Å². The van der Waals surface area contributed by atoms with Crippen molar-refractivity contribution >= 4 is 0 Å². The molecule has 1 aromatic rings. The minimum absolute atomic E-state index is 0.204. The maximum absolute atomic E-state index is 6.45. The van der Waals surface area contributed by atoms with Crippen LogP contribution in [-0.2, 0) is 6.42 Å². The summed E-state index contributed by atoms with van der Waals surface area (Å²) in [7, 11) is 4.38. The highest BCUT2D eigenvalue weighted by molar-refractivity contribution is 5.30. The highest BCUT2D eigenvalue weighted by atomic mass is 15.3. The van der Waals surface area contributed by atoms with Crippen LogP contribution in [0.1, 0.15) is 16.7 Å². The van der Waals surface area contributed by atoms with E-state index >= 15 is 0 Å². The first-order chi connectivity index (χ1) is 8.97. The molecule has 3 heteroatoms. The summed E-state index contributed by atoms with van der Waals surface area (Å²) in [6.07, 6.45) is 0.962. The summed E-state index contributed by atoms with van der Waals surface area (Å²) in [4.78, 5) is 4.79. The molecule has 2 N–H and O–H groups in total. The number of benzene rings is 1. The van der Waals surface area contributed by atoms with Gasteiger partial charge in [0.15, 0.2) is 0 Å². The molecular weight excluding hydrogens is 234 g/mol. The average molecular weight is 261 g/mol. The Morgan fingerprint density at radius 2 is 1.95 bits per heavy atom. The fraction of sp³-hybridized carbons (Fsp3) is 0.625. The molecule has 19 heavy (non-hydrogen) atoms. The van der Waals surface area contributed by atoms with Crippen LogP contribution in [0.3, 0.4) is 0 Å². The number of nitrogens with zero attached hydrogens (tertiary/aromatic N) is 2. The van der Waals surface area contributed by atoms with Gasteiger partial charge in [0.05, 0.1) is 0 Å². The highest BCUT2D eigenvalue weighted by Gasteiger charge is 2.27. The molecule has 0 radical (unpaired) electrons. The van der Waals surface area contributed by atoms with E-state index in [0.717, 1.165) is 26.1 Å². The van der Waals surface area contributed by atoms with Crippen LogP contribution in [0, 0.1) is 13.8 Å². The summed E-state index contributed by atoms with van der Waals surface area (Å²) >= 11 is 0. The van der Waals surface area contributed by atoms with Gasteiger partial charge < -0.3 is 10.6 Å². The van der Waals surface area contributed by atoms with Gasteiger partial charge in [0.2, 0.25) is 0 Å². The van der Waals surface area contributed by atoms with E-state index < -0.39 is 0 Å². The third-order valence-electron chi connectivity index (χ3n) is 4.44. The molecule has 0 bridgehead atoms. The Morgan fingerprint density at radius 1 is 1.21 bits per heavy atom. The smallest absolute Gasteiger partial charge is 0.0375 e. The third-order valence-corrected chi connectivity index (χ3v) is 4.44. The Hall–Kier alpha value is -0.900. The lowest BCUT2D eigenvalue weighted by molar-refractivity contribution is 0.0973. The molecule has 0 aromatic heterocycles. The summed E-state index contributed by atoms with van der Waals surface area (Å²) in [5, 5.41) is 0. The van der Waals surface area contributed by atoms with Crippen molar-refractivity contribution in [2.24, 2.45) is 5.73 Å². The van der Waals surface area contributed by atoms with Crippen molar-refractivity contribution in [3.05, 3.63) is 34.9 Å². The lowest BCUT2D eigenvalue weighted by Gasteiger charge is -2.40. The van der Waals surface area contributed by atoms with Crippen LogP contribution in [0.4, 0.5) is 0 Å². The van der Waals surface area contributed by atoms with Crippen molar-refractivity contribution in [1.82, 2.24) is 9.80 Å². The molecule has 1 saturated heterocycles. The Kier molecular flexibility index (Phi) is 4.61. The van der Waals surface area contributed by atoms with Crippen LogP contribution in [0.25, 0.3) is 0 Å². The fourth-order valence-corrected chi connectivity index (χ4v) is 2.85. The zero-order valence-corrected chi connectivity index (χ0v) is 12.7. The Bertz CT molecular complexity index is 430. The lowest BCUT2D eigenvalue weighted by Crippen LogP contribution is -2.58. The Balaban J connectivity index is 2.03. The molecule has 2 rings (SSSR count). The topological polar surface area (TPSA) is 32.5 Å². The van der Waals surface area contributed by atoms with Gasteiger partial charge in [0.25, 0.3) is 0 Å². The minimum atomic E-state index is 0.204. The van der Waals surface area contributed by atoms with Crippen molar-refractivity contribution in [2.45, 2.75) is 32.4 Å². The monoisotopic (exact) mass is 261 g/mol. The van der Waals surface area contributed by atoms with Crippen molar-refractivity contribution < 1.29 is 0 Å². The van der Waals surface area contributed by atoms with Crippen LogP contribution in [-0.4, -0.2) is 55.6 Å². The summed E-state index contributed by atoms with van der Waals surface area (Å²) in [5.74, 6) is 0. The zero-order valence-electron chi connectivity index (χ0n) is 12.7. The van der Waals surface area contributed by atoms with Gasteiger partial charge in [-0.2, -0.15) is 0 Å². The molecule has 106 valence electrons. The number of aryl methyl sites for hydroxylation is 2. The predicted molar refractivity (Wildman–Crippen MR) is 81.5 cm³/mol. The van der Waals surface area contributed by atoms with Gasteiger partial charge in [-0.15, -0.1) is 0 Å². The minimum Gasteiger partial charge on any atom is -0.326 e. The van der Waals surface area contributed by atoms with Crippen LogP contribution in [0.15, 0.2) is 18.2 Å². The second-order valence-electron chi connectivity index (χ2n) is 6.10. The number of hydrogen-bond donors (Lipinski definition) is 1. The van der Waals surface area contributed by atoms with Crippen molar-refractivity contribution in [2.75, 3.05) is 33.7 Å². The van der Waals surface area contributed by atoms with Crippen molar-refractivity contribution in [3.63, 3.8) is 0 Å². The molecule has 1 fully saturated rings. The van der Waals surface area contributed by atoms with E-state index in [0.29, 0.717) is 6.04 Å². The number of piperazine rings is 1. The average Bonchev–Trinajstić information content (AvgIpc) is 2.36. The standard InChI is InChI=1S/C16H27N3/c1-12-5-6-14(9-13(12)2)10-15(17)16-11-18(3)7-8-19(16)4/h5-6,9,15-16H,7-8,10-11,17H2,1-4H3. The molecule has 1 aromatic carbocycles. The number of nitrogens with two attached hydrogens (primary N) is 1. The maximum atomic E-state index is 6.45. The van der Waals surface area contributed by atoms with Crippen molar-refractivity contribution in [1.29, 1.82) is 0 Å². The highest BCUT2D eigenvalue weighted by Crippen LogP contribution is 2.15. The molecule has 2 unspecified atom stereocenters.